The first-order chi connectivity index (χ1) is 10.2. The Morgan fingerprint density at radius 2 is 2.10 bits per heavy atom. The molecule has 0 saturated carbocycles. The Labute approximate surface area is 121 Å². The van der Waals surface area contributed by atoms with Crippen LogP contribution in [0.5, 0.6) is 17.4 Å². The molecule has 2 N–H and O–H groups in total. The molecule has 1 aromatic carbocycles. The Kier molecular flexibility index (Phi) is 3.35. The molecule has 1 aliphatic rings. The van der Waals surface area contributed by atoms with Crippen LogP contribution in [0, 0.1) is 0 Å². The van der Waals surface area contributed by atoms with E-state index in [-0.39, 0.29) is 0 Å². The van der Waals surface area contributed by atoms with Crippen molar-refractivity contribution in [1.82, 2.24) is 4.98 Å². The quantitative estimate of drug-likeness (QED) is 0.927. The van der Waals surface area contributed by atoms with Crippen LogP contribution < -0.4 is 19.9 Å². The summed E-state index contributed by atoms with van der Waals surface area (Å²) in [5.41, 5.74) is 6.95. The predicted octanol–water partition coefficient (Wildman–Crippen LogP) is 1.63. The number of nitrogens with two attached hydrogens (primary N) is 1. The maximum absolute atomic E-state index is 11.4. The number of primary amides is 1. The molecule has 1 amide bonds. The lowest BCUT2D eigenvalue weighted by Crippen LogP contribution is -2.16. The third kappa shape index (κ3) is 2.47. The average Bonchev–Trinajstić information content (AvgIpc) is 2.53. The zero-order valence-electron chi connectivity index (χ0n) is 11.5. The number of benzene rings is 1. The number of nitrogens with zero attached hydrogens (tertiary/aromatic N) is 1. The largest absolute Gasteiger partial charge is 0.486 e. The van der Waals surface area contributed by atoms with E-state index in [0.29, 0.717) is 41.9 Å². The van der Waals surface area contributed by atoms with Crippen molar-refractivity contribution in [3.8, 4) is 28.6 Å². The van der Waals surface area contributed by atoms with Gasteiger partial charge >= 0.3 is 0 Å². The number of hydrogen-bond donors (Lipinski definition) is 1. The monoisotopic (exact) mass is 286 g/mol. The van der Waals surface area contributed by atoms with E-state index in [9.17, 15) is 4.79 Å². The molecule has 0 unspecified atom stereocenters. The van der Waals surface area contributed by atoms with Gasteiger partial charge in [-0.15, -0.1) is 0 Å². The first-order valence-corrected chi connectivity index (χ1v) is 6.44. The van der Waals surface area contributed by atoms with Gasteiger partial charge < -0.3 is 19.9 Å². The molecule has 1 aliphatic heterocycles. The maximum Gasteiger partial charge on any atom is 0.248 e. The van der Waals surface area contributed by atoms with Gasteiger partial charge in [0.15, 0.2) is 11.5 Å². The van der Waals surface area contributed by atoms with Gasteiger partial charge in [0.05, 0.1) is 12.8 Å². The van der Waals surface area contributed by atoms with Crippen molar-refractivity contribution < 1.29 is 19.0 Å². The summed E-state index contributed by atoms with van der Waals surface area (Å²) in [4.78, 5) is 15.8. The minimum absolute atomic E-state index is 0.315. The SMILES string of the molecule is COc1cc(C(N)=O)cc(-c2cccc3c2OCCO3)n1. The normalized spacial score (nSPS) is 12.8. The summed E-state index contributed by atoms with van der Waals surface area (Å²) in [5, 5.41) is 0. The Bertz CT molecular complexity index is 700. The number of pyridine rings is 1. The molecule has 3 rings (SSSR count). The highest BCUT2D eigenvalue weighted by molar-refractivity contribution is 5.94. The van der Waals surface area contributed by atoms with Gasteiger partial charge in [0.1, 0.15) is 13.2 Å². The minimum atomic E-state index is -0.543. The van der Waals surface area contributed by atoms with E-state index in [4.69, 9.17) is 19.9 Å². The molecule has 21 heavy (non-hydrogen) atoms. The maximum atomic E-state index is 11.4. The minimum Gasteiger partial charge on any atom is -0.486 e. The van der Waals surface area contributed by atoms with E-state index in [1.54, 1.807) is 6.07 Å². The van der Waals surface area contributed by atoms with Crippen LogP contribution in [0.1, 0.15) is 10.4 Å². The molecule has 0 spiro atoms. The molecule has 108 valence electrons. The standard InChI is InChI=1S/C15H14N2O4/c1-19-13-8-9(15(16)18)7-11(17-13)10-3-2-4-12-14(10)21-6-5-20-12/h2-4,7-8H,5-6H2,1H3,(H2,16,18). The molecule has 0 saturated heterocycles. The summed E-state index contributed by atoms with van der Waals surface area (Å²) in [7, 11) is 1.48. The van der Waals surface area contributed by atoms with Crippen molar-refractivity contribution in [3.63, 3.8) is 0 Å². The van der Waals surface area contributed by atoms with Crippen LogP contribution in [0.2, 0.25) is 0 Å². The number of aromatic nitrogens is 1. The summed E-state index contributed by atoms with van der Waals surface area (Å²) in [6.45, 7) is 0.977. The summed E-state index contributed by atoms with van der Waals surface area (Å²) in [6, 6.07) is 8.62. The highest BCUT2D eigenvalue weighted by Gasteiger charge is 2.19. The van der Waals surface area contributed by atoms with Crippen LogP contribution in [-0.2, 0) is 0 Å². The van der Waals surface area contributed by atoms with Gasteiger partial charge in [-0.25, -0.2) is 4.98 Å². The Morgan fingerprint density at radius 1 is 1.29 bits per heavy atom. The van der Waals surface area contributed by atoms with Gasteiger partial charge in [0.25, 0.3) is 0 Å². The zero-order valence-corrected chi connectivity index (χ0v) is 11.5. The van der Waals surface area contributed by atoms with Crippen molar-refractivity contribution in [2.75, 3.05) is 20.3 Å². The highest BCUT2D eigenvalue weighted by atomic mass is 16.6. The van der Waals surface area contributed by atoms with E-state index in [0.717, 1.165) is 5.56 Å². The highest BCUT2D eigenvalue weighted by Crippen LogP contribution is 2.39. The number of amides is 1. The molecule has 2 heterocycles. The van der Waals surface area contributed by atoms with Crippen LogP contribution in [-0.4, -0.2) is 31.2 Å². The lowest BCUT2D eigenvalue weighted by atomic mass is 10.1. The second-order valence-corrected chi connectivity index (χ2v) is 4.48. The average molecular weight is 286 g/mol. The van der Waals surface area contributed by atoms with Crippen LogP contribution >= 0.6 is 0 Å². The fourth-order valence-corrected chi connectivity index (χ4v) is 2.17. The summed E-state index contributed by atoms with van der Waals surface area (Å²) in [5.74, 6) is 1.04. The number of carbonyl (C=O) groups excluding carboxylic acids is 1. The molecule has 0 atom stereocenters. The Hall–Kier alpha value is -2.76. The van der Waals surface area contributed by atoms with Gasteiger partial charge in [0, 0.05) is 17.2 Å². The number of fused-ring (bicyclic) bond motifs is 1. The summed E-state index contributed by atoms with van der Waals surface area (Å²) < 4.78 is 16.3. The number of para-hydroxylation sites is 1. The van der Waals surface area contributed by atoms with Gasteiger partial charge in [0.2, 0.25) is 11.8 Å². The first kappa shape index (κ1) is 13.2. The fraction of sp³-hybridized carbons (Fsp3) is 0.200. The molecule has 2 aromatic rings. The van der Waals surface area contributed by atoms with Crippen molar-refractivity contribution in [1.29, 1.82) is 0 Å². The number of carbonyl (C=O) groups is 1. The first-order valence-electron chi connectivity index (χ1n) is 6.44. The molecule has 6 heteroatoms. The smallest absolute Gasteiger partial charge is 0.248 e. The van der Waals surface area contributed by atoms with Crippen LogP contribution in [0.4, 0.5) is 0 Å². The number of hydrogen-bond acceptors (Lipinski definition) is 5. The third-order valence-corrected chi connectivity index (χ3v) is 3.14. The van der Waals surface area contributed by atoms with Crippen molar-refractivity contribution >= 4 is 5.91 Å². The van der Waals surface area contributed by atoms with E-state index < -0.39 is 5.91 Å². The lowest BCUT2D eigenvalue weighted by Gasteiger charge is -2.21. The van der Waals surface area contributed by atoms with Crippen LogP contribution in [0.15, 0.2) is 30.3 Å². The van der Waals surface area contributed by atoms with E-state index >= 15 is 0 Å². The van der Waals surface area contributed by atoms with E-state index in [1.165, 1.54) is 13.2 Å². The summed E-state index contributed by atoms with van der Waals surface area (Å²) in [6.07, 6.45) is 0. The number of methoxy groups -OCH3 is 1. The topological polar surface area (TPSA) is 83.7 Å². The van der Waals surface area contributed by atoms with Crippen molar-refractivity contribution in [3.05, 3.63) is 35.9 Å². The Morgan fingerprint density at radius 3 is 2.86 bits per heavy atom. The molecule has 0 radical (unpaired) electrons. The predicted molar refractivity (Wildman–Crippen MR) is 75.7 cm³/mol. The van der Waals surface area contributed by atoms with Crippen molar-refractivity contribution in [2.24, 2.45) is 5.73 Å². The van der Waals surface area contributed by atoms with Gasteiger partial charge in [-0.05, 0) is 18.2 Å². The third-order valence-electron chi connectivity index (χ3n) is 3.14. The fourth-order valence-electron chi connectivity index (χ4n) is 2.17. The molecular formula is C15H14N2O4. The molecule has 0 aliphatic carbocycles. The second kappa shape index (κ2) is 5.32. The molecular weight excluding hydrogens is 272 g/mol. The molecule has 1 aromatic heterocycles. The van der Waals surface area contributed by atoms with Gasteiger partial charge in [-0.2, -0.15) is 0 Å². The second-order valence-electron chi connectivity index (χ2n) is 4.48. The van der Waals surface area contributed by atoms with Crippen LogP contribution in [0.25, 0.3) is 11.3 Å². The molecule has 6 nitrogen and oxygen atoms in total. The van der Waals surface area contributed by atoms with E-state index in [2.05, 4.69) is 4.98 Å². The van der Waals surface area contributed by atoms with Crippen molar-refractivity contribution in [2.45, 2.75) is 0 Å². The lowest BCUT2D eigenvalue weighted by molar-refractivity contribution is 0.1000. The number of ether oxygens (including phenoxy) is 3. The molecule has 0 bridgehead atoms. The zero-order chi connectivity index (χ0) is 14.8. The van der Waals surface area contributed by atoms with Crippen LogP contribution in [0.3, 0.4) is 0 Å². The Balaban J connectivity index is 2.16. The van der Waals surface area contributed by atoms with Gasteiger partial charge in [-0.1, -0.05) is 6.07 Å². The van der Waals surface area contributed by atoms with E-state index in [1.807, 2.05) is 18.2 Å². The molecule has 0 fully saturated rings. The summed E-state index contributed by atoms with van der Waals surface area (Å²) >= 11 is 0. The van der Waals surface area contributed by atoms with Gasteiger partial charge in [-0.3, -0.25) is 4.79 Å². The number of rotatable bonds is 3.